The molecule has 3 rings (SSSR count). The predicted octanol–water partition coefficient (Wildman–Crippen LogP) is -1.33. The van der Waals surface area contributed by atoms with Crippen LogP contribution in [0.25, 0.3) is 0 Å². The van der Waals surface area contributed by atoms with Crippen LogP contribution in [-0.4, -0.2) is 124 Å². The summed E-state index contributed by atoms with van der Waals surface area (Å²) in [7, 11) is 0. The predicted molar refractivity (Wildman–Crippen MR) is 151 cm³/mol. The molecule has 2 aliphatic rings. The molecule has 0 aliphatic carbocycles. The van der Waals surface area contributed by atoms with Crippen LogP contribution in [0.1, 0.15) is 32.8 Å². The quantitative estimate of drug-likeness (QED) is 0.0532. The summed E-state index contributed by atoms with van der Waals surface area (Å²) < 4.78 is 27.5. The largest absolute Gasteiger partial charge is 0.491 e. The Morgan fingerprint density at radius 1 is 1.02 bits per heavy atom. The molecule has 2 aliphatic heterocycles. The summed E-state index contributed by atoms with van der Waals surface area (Å²) in [6, 6.07) is 4.49. The number of aliphatic hydroxyl groups excluding tert-OH is 4. The number of imide groups is 1. The van der Waals surface area contributed by atoms with Gasteiger partial charge in [0.1, 0.15) is 49.3 Å². The number of carbonyl (C=O) groups is 4. The maximum absolute atomic E-state index is 12.3. The second kappa shape index (κ2) is 16.1. The molecule has 16 heteroatoms. The van der Waals surface area contributed by atoms with Gasteiger partial charge >= 0.3 is 11.9 Å². The van der Waals surface area contributed by atoms with E-state index in [1.165, 1.54) is 24.3 Å². The second-order valence-corrected chi connectivity index (χ2v) is 11.3. The summed E-state index contributed by atoms with van der Waals surface area (Å²) in [6.45, 7) is 5.58. The summed E-state index contributed by atoms with van der Waals surface area (Å²) in [6.07, 6.45) is -7.62. The van der Waals surface area contributed by atoms with Crippen molar-refractivity contribution in [3.8, 4) is 11.5 Å². The van der Waals surface area contributed by atoms with Crippen molar-refractivity contribution in [3.63, 3.8) is 0 Å². The highest BCUT2D eigenvalue weighted by atomic mass is 16.7. The average molecular weight is 641 g/mol. The van der Waals surface area contributed by atoms with Gasteiger partial charge in [-0.2, -0.15) is 0 Å². The van der Waals surface area contributed by atoms with Crippen LogP contribution in [0, 0.1) is 5.41 Å². The molecule has 0 bridgehead atoms. The Morgan fingerprint density at radius 3 is 2.36 bits per heavy atom. The first-order valence-electron chi connectivity index (χ1n) is 14.2. The Labute approximate surface area is 259 Å². The van der Waals surface area contributed by atoms with E-state index in [0.717, 1.165) is 4.90 Å². The fourth-order valence-electron chi connectivity index (χ4n) is 4.11. The van der Waals surface area contributed by atoms with Crippen molar-refractivity contribution in [2.24, 2.45) is 5.41 Å². The minimum atomic E-state index is -1.90. The van der Waals surface area contributed by atoms with Crippen LogP contribution >= 0.6 is 0 Å². The molecule has 6 N–H and O–H groups in total. The smallest absolute Gasteiger partial charge is 0.335 e. The van der Waals surface area contributed by atoms with Gasteiger partial charge in [-0.25, -0.2) is 4.79 Å². The Bertz CT molecular complexity index is 1210. The minimum Gasteiger partial charge on any atom is -0.491 e. The van der Waals surface area contributed by atoms with E-state index in [1.807, 2.05) is 0 Å². The van der Waals surface area contributed by atoms with Crippen molar-refractivity contribution < 1.29 is 68.4 Å². The standard InChI is InChI=1S/C29H40N2O14/c1-29(2,3)28(40)43-15-16-4-5-17(14-18(16)44-27-24(37)22(35)23(36)25(45-27)26(38)39)42-13-12-41-11-9-30-19(32)8-10-31-20(33)6-7-21(31)34/h4-7,14,19,22-25,27,30,32,35-37H,8-13,15H2,1-3H3,(H,38,39)/t19?,22-,23-,24+,25-,27+/m0/s1. The zero-order valence-electron chi connectivity index (χ0n) is 25.2. The lowest BCUT2D eigenvalue weighted by Gasteiger charge is -2.38. The number of amides is 2. The first-order chi connectivity index (χ1) is 21.2. The van der Waals surface area contributed by atoms with Gasteiger partial charge in [0.15, 0.2) is 6.10 Å². The molecule has 2 amide bonds. The number of carbonyl (C=O) groups excluding carboxylic acids is 3. The number of rotatable bonds is 16. The molecule has 1 fully saturated rings. The third kappa shape index (κ3) is 10.2. The topological polar surface area (TPSA) is 231 Å². The first-order valence-corrected chi connectivity index (χ1v) is 14.2. The second-order valence-electron chi connectivity index (χ2n) is 11.3. The third-order valence-corrected chi connectivity index (χ3v) is 6.72. The molecule has 2 heterocycles. The summed E-state index contributed by atoms with van der Waals surface area (Å²) in [5.74, 6) is -2.64. The minimum absolute atomic E-state index is 0.00166. The lowest BCUT2D eigenvalue weighted by Crippen LogP contribution is -2.61. The zero-order chi connectivity index (χ0) is 33.3. The van der Waals surface area contributed by atoms with Gasteiger partial charge in [-0.15, -0.1) is 0 Å². The van der Waals surface area contributed by atoms with E-state index in [-0.39, 0.29) is 57.4 Å². The average Bonchev–Trinajstić information content (AvgIpc) is 3.30. The Morgan fingerprint density at radius 2 is 1.71 bits per heavy atom. The van der Waals surface area contributed by atoms with Gasteiger partial charge in [0, 0.05) is 43.3 Å². The number of nitrogens with zero attached hydrogens (tertiary/aromatic N) is 1. The number of aliphatic carboxylic acids is 1. The monoisotopic (exact) mass is 640 g/mol. The molecular weight excluding hydrogens is 600 g/mol. The number of hydrogen-bond acceptors (Lipinski definition) is 14. The van der Waals surface area contributed by atoms with E-state index in [2.05, 4.69) is 5.32 Å². The number of aliphatic hydroxyl groups is 4. The maximum Gasteiger partial charge on any atom is 0.335 e. The molecule has 250 valence electrons. The summed E-state index contributed by atoms with van der Waals surface area (Å²) in [5.41, 5.74) is -0.472. The lowest BCUT2D eigenvalue weighted by molar-refractivity contribution is -0.271. The summed E-state index contributed by atoms with van der Waals surface area (Å²) in [4.78, 5) is 47.9. The van der Waals surface area contributed by atoms with Crippen LogP contribution in [0.15, 0.2) is 30.4 Å². The molecular formula is C29H40N2O14. The van der Waals surface area contributed by atoms with Crippen LogP contribution in [0.4, 0.5) is 0 Å². The van der Waals surface area contributed by atoms with Gasteiger partial charge in [0.05, 0.1) is 18.6 Å². The fraction of sp³-hybridized carbons (Fsp3) is 0.586. The van der Waals surface area contributed by atoms with Crippen molar-refractivity contribution in [2.45, 2.75) is 70.7 Å². The van der Waals surface area contributed by atoms with Gasteiger partial charge in [-0.3, -0.25) is 24.6 Å². The summed E-state index contributed by atoms with van der Waals surface area (Å²) >= 11 is 0. The highest BCUT2D eigenvalue weighted by Crippen LogP contribution is 2.31. The molecule has 0 radical (unpaired) electrons. The van der Waals surface area contributed by atoms with Gasteiger partial charge < -0.3 is 49.2 Å². The molecule has 1 aromatic rings. The maximum atomic E-state index is 12.3. The molecule has 0 aromatic heterocycles. The Balaban J connectivity index is 1.52. The van der Waals surface area contributed by atoms with Crippen molar-refractivity contribution in [1.82, 2.24) is 10.2 Å². The van der Waals surface area contributed by atoms with Gasteiger partial charge in [-0.05, 0) is 32.9 Å². The first kappa shape index (κ1) is 35.8. The number of benzene rings is 1. The highest BCUT2D eigenvalue weighted by molar-refractivity contribution is 6.12. The van der Waals surface area contributed by atoms with E-state index in [1.54, 1.807) is 26.8 Å². The van der Waals surface area contributed by atoms with Crippen LogP contribution in [0.2, 0.25) is 0 Å². The number of carboxylic acids is 1. The van der Waals surface area contributed by atoms with E-state index in [0.29, 0.717) is 5.56 Å². The Kier molecular flexibility index (Phi) is 12.8. The number of hydrogen-bond donors (Lipinski definition) is 6. The van der Waals surface area contributed by atoms with Crippen LogP contribution in [0.3, 0.4) is 0 Å². The van der Waals surface area contributed by atoms with Crippen LogP contribution in [0.5, 0.6) is 11.5 Å². The molecule has 1 unspecified atom stereocenters. The molecule has 0 saturated carbocycles. The number of ether oxygens (including phenoxy) is 5. The highest BCUT2D eigenvalue weighted by Gasteiger charge is 2.48. The molecule has 16 nitrogen and oxygen atoms in total. The molecule has 45 heavy (non-hydrogen) atoms. The van der Waals surface area contributed by atoms with Gasteiger partial charge in [0.2, 0.25) is 6.29 Å². The number of nitrogens with one attached hydrogen (secondary N) is 1. The van der Waals surface area contributed by atoms with Crippen molar-refractivity contribution in [1.29, 1.82) is 0 Å². The SMILES string of the molecule is CC(C)(C)C(=O)OCc1ccc(OCCOCCNC(O)CCN2C(=O)C=CC2=O)cc1O[C@@H]1O[C@H](C(=O)O)[C@@H](O)[C@H](O)[C@H]1O. The molecule has 6 atom stereocenters. The van der Waals surface area contributed by atoms with Crippen LogP contribution < -0.4 is 14.8 Å². The normalized spacial score (nSPS) is 24.1. The van der Waals surface area contributed by atoms with Gasteiger partial charge in [-0.1, -0.05) is 0 Å². The van der Waals surface area contributed by atoms with Crippen molar-refractivity contribution >= 4 is 23.8 Å². The molecule has 0 spiro atoms. The van der Waals surface area contributed by atoms with Gasteiger partial charge in [0.25, 0.3) is 11.8 Å². The number of carboxylic acid groups (broad SMARTS) is 1. The third-order valence-electron chi connectivity index (χ3n) is 6.72. The van der Waals surface area contributed by atoms with E-state index in [4.69, 9.17) is 23.7 Å². The Hall–Kier alpha value is -3.64. The lowest BCUT2D eigenvalue weighted by atomic mass is 9.97. The van der Waals surface area contributed by atoms with E-state index < -0.39 is 66.1 Å². The van der Waals surface area contributed by atoms with Crippen molar-refractivity contribution in [3.05, 3.63) is 35.9 Å². The van der Waals surface area contributed by atoms with E-state index in [9.17, 15) is 44.7 Å². The molecule has 1 saturated heterocycles. The zero-order valence-corrected chi connectivity index (χ0v) is 25.2. The fourth-order valence-corrected chi connectivity index (χ4v) is 4.11. The number of esters is 1. The van der Waals surface area contributed by atoms with Crippen molar-refractivity contribution in [2.75, 3.05) is 32.9 Å². The van der Waals surface area contributed by atoms with E-state index >= 15 is 0 Å². The summed E-state index contributed by atoms with van der Waals surface area (Å²) in [5, 5.41) is 52.7. The molecule has 1 aromatic carbocycles. The van der Waals surface area contributed by atoms with Crippen LogP contribution in [-0.2, 0) is 40.0 Å².